The summed E-state index contributed by atoms with van der Waals surface area (Å²) in [6.45, 7) is -0.0766. The van der Waals surface area contributed by atoms with Gasteiger partial charge in [-0.2, -0.15) is 0 Å². The molecule has 0 saturated heterocycles. The molecule has 0 bridgehead atoms. The Hall–Kier alpha value is -1.79. The number of hydrogen-bond acceptors (Lipinski definition) is 3. The van der Waals surface area contributed by atoms with Gasteiger partial charge in [-0.3, -0.25) is 9.59 Å². The Balaban J connectivity index is 1.61. The van der Waals surface area contributed by atoms with E-state index in [0.29, 0.717) is 19.3 Å². The zero-order valence-corrected chi connectivity index (χ0v) is 12.8. The minimum Gasteiger partial charge on any atom is -0.481 e. The fourth-order valence-corrected chi connectivity index (χ4v) is 3.26. The Labute approximate surface area is 130 Å². The number of carbonyl (C=O) groups is 3. The SMILES string of the molecule is O=C(CNC(=O)NC1CCCCC1)N[C@H]1CC[C@@H](C(=O)O)C1. The summed E-state index contributed by atoms with van der Waals surface area (Å²) in [5.74, 6) is -1.44. The highest BCUT2D eigenvalue weighted by Crippen LogP contribution is 2.25. The van der Waals surface area contributed by atoms with E-state index in [0.717, 1.165) is 25.7 Å². The molecule has 7 nitrogen and oxygen atoms in total. The van der Waals surface area contributed by atoms with Crippen LogP contribution in [0, 0.1) is 5.92 Å². The zero-order chi connectivity index (χ0) is 15.9. The molecule has 7 heteroatoms. The van der Waals surface area contributed by atoms with Crippen LogP contribution in [0.5, 0.6) is 0 Å². The number of carboxylic acids is 1. The fraction of sp³-hybridized carbons (Fsp3) is 0.800. The van der Waals surface area contributed by atoms with E-state index in [4.69, 9.17) is 5.11 Å². The van der Waals surface area contributed by atoms with Crippen molar-refractivity contribution in [2.45, 2.75) is 63.5 Å². The average Bonchev–Trinajstić information content (AvgIpc) is 2.95. The van der Waals surface area contributed by atoms with Crippen LogP contribution < -0.4 is 16.0 Å². The lowest BCUT2D eigenvalue weighted by molar-refractivity contribution is -0.141. The van der Waals surface area contributed by atoms with Gasteiger partial charge in [-0.1, -0.05) is 19.3 Å². The van der Waals surface area contributed by atoms with Crippen LogP contribution in [0.3, 0.4) is 0 Å². The van der Waals surface area contributed by atoms with Gasteiger partial charge in [-0.05, 0) is 32.1 Å². The van der Waals surface area contributed by atoms with E-state index < -0.39 is 5.97 Å². The van der Waals surface area contributed by atoms with Crippen molar-refractivity contribution in [1.29, 1.82) is 0 Å². The van der Waals surface area contributed by atoms with Gasteiger partial charge >= 0.3 is 12.0 Å². The molecule has 0 aromatic rings. The molecule has 0 aliphatic heterocycles. The third kappa shape index (κ3) is 5.20. The fourth-order valence-electron chi connectivity index (χ4n) is 3.26. The molecule has 0 spiro atoms. The molecular weight excluding hydrogens is 286 g/mol. The van der Waals surface area contributed by atoms with Crippen molar-refractivity contribution in [2.24, 2.45) is 5.92 Å². The molecule has 2 rings (SSSR count). The molecule has 2 fully saturated rings. The standard InChI is InChI=1S/C15H25N3O4/c19-13(17-12-7-6-10(8-12)14(20)21)9-16-15(22)18-11-4-2-1-3-5-11/h10-12H,1-9H2,(H,17,19)(H,20,21)(H2,16,18,22)/t10-,12+/m1/s1. The number of urea groups is 1. The van der Waals surface area contributed by atoms with Crippen molar-refractivity contribution in [3.63, 3.8) is 0 Å². The van der Waals surface area contributed by atoms with E-state index in [1.807, 2.05) is 0 Å². The average molecular weight is 311 g/mol. The molecule has 124 valence electrons. The summed E-state index contributed by atoms with van der Waals surface area (Å²) < 4.78 is 0. The van der Waals surface area contributed by atoms with Crippen molar-refractivity contribution in [3.05, 3.63) is 0 Å². The highest BCUT2D eigenvalue weighted by Gasteiger charge is 2.30. The summed E-state index contributed by atoms with van der Waals surface area (Å²) in [5.41, 5.74) is 0. The molecule has 2 aliphatic rings. The lowest BCUT2D eigenvalue weighted by Crippen LogP contribution is -2.47. The second kappa shape index (κ2) is 8.00. The normalized spacial score (nSPS) is 25.5. The monoisotopic (exact) mass is 311 g/mol. The molecule has 0 aromatic carbocycles. The Morgan fingerprint density at radius 2 is 1.64 bits per heavy atom. The molecule has 0 aromatic heterocycles. The maximum absolute atomic E-state index is 11.8. The Kier molecular flexibility index (Phi) is 6.03. The van der Waals surface area contributed by atoms with Crippen LogP contribution in [-0.4, -0.2) is 41.6 Å². The van der Waals surface area contributed by atoms with Gasteiger partial charge in [0.25, 0.3) is 0 Å². The minimum absolute atomic E-state index is 0.0766. The van der Waals surface area contributed by atoms with E-state index in [1.54, 1.807) is 0 Å². The summed E-state index contributed by atoms with van der Waals surface area (Å²) in [6, 6.07) is -0.198. The van der Waals surface area contributed by atoms with Gasteiger partial charge in [0.15, 0.2) is 0 Å². The van der Waals surface area contributed by atoms with Crippen LogP contribution in [0.2, 0.25) is 0 Å². The molecule has 0 heterocycles. The Morgan fingerprint density at radius 1 is 0.909 bits per heavy atom. The first-order valence-corrected chi connectivity index (χ1v) is 8.11. The molecule has 0 radical (unpaired) electrons. The van der Waals surface area contributed by atoms with E-state index in [2.05, 4.69) is 16.0 Å². The van der Waals surface area contributed by atoms with Gasteiger partial charge in [-0.25, -0.2) is 4.79 Å². The second-order valence-electron chi connectivity index (χ2n) is 6.27. The molecule has 0 unspecified atom stereocenters. The summed E-state index contributed by atoms with van der Waals surface area (Å²) in [5, 5.41) is 17.1. The van der Waals surface area contributed by atoms with Gasteiger partial charge in [0.05, 0.1) is 12.5 Å². The molecule has 2 aliphatic carbocycles. The predicted molar refractivity (Wildman–Crippen MR) is 80.3 cm³/mol. The lowest BCUT2D eigenvalue weighted by atomic mass is 9.96. The highest BCUT2D eigenvalue weighted by molar-refractivity contribution is 5.84. The van der Waals surface area contributed by atoms with Gasteiger partial charge in [0.2, 0.25) is 5.91 Å². The molecule has 4 N–H and O–H groups in total. The maximum Gasteiger partial charge on any atom is 0.315 e. The molecular formula is C15H25N3O4. The van der Waals surface area contributed by atoms with E-state index >= 15 is 0 Å². The predicted octanol–water partition coefficient (Wildman–Crippen LogP) is 0.988. The summed E-state index contributed by atoms with van der Waals surface area (Å²) in [4.78, 5) is 34.3. The van der Waals surface area contributed by atoms with Crippen molar-refractivity contribution in [2.75, 3.05) is 6.54 Å². The number of aliphatic carboxylic acids is 1. The van der Waals surface area contributed by atoms with Crippen LogP contribution in [-0.2, 0) is 9.59 Å². The first-order valence-electron chi connectivity index (χ1n) is 8.11. The van der Waals surface area contributed by atoms with Crippen LogP contribution in [0.4, 0.5) is 4.79 Å². The summed E-state index contributed by atoms with van der Waals surface area (Å²) >= 11 is 0. The third-order valence-corrected chi connectivity index (χ3v) is 4.50. The first-order chi connectivity index (χ1) is 10.5. The van der Waals surface area contributed by atoms with Gasteiger partial charge in [0, 0.05) is 12.1 Å². The van der Waals surface area contributed by atoms with Crippen molar-refractivity contribution in [1.82, 2.24) is 16.0 Å². The van der Waals surface area contributed by atoms with Gasteiger partial charge < -0.3 is 21.1 Å². The van der Waals surface area contributed by atoms with E-state index in [9.17, 15) is 14.4 Å². The largest absolute Gasteiger partial charge is 0.481 e. The number of carboxylic acid groups (broad SMARTS) is 1. The van der Waals surface area contributed by atoms with Gasteiger partial charge in [0.1, 0.15) is 0 Å². The van der Waals surface area contributed by atoms with Crippen molar-refractivity contribution >= 4 is 17.9 Å². The number of hydrogen-bond donors (Lipinski definition) is 4. The van der Waals surface area contributed by atoms with Crippen LogP contribution in [0.15, 0.2) is 0 Å². The maximum atomic E-state index is 11.8. The number of carbonyl (C=O) groups excluding carboxylic acids is 2. The zero-order valence-electron chi connectivity index (χ0n) is 12.8. The Bertz CT molecular complexity index is 421. The smallest absolute Gasteiger partial charge is 0.315 e. The quantitative estimate of drug-likeness (QED) is 0.607. The third-order valence-electron chi connectivity index (χ3n) is 4.50. The Morgan fingerprint density at radius 3 is 2.27 bits per heavy atom. The van der Waals surface area contributed by atoms with Crippen LogP contribution >= 0.6 is 0 Å². The van der Waals surface area contributed by atoms with Gasteiger partial charge in [-0.15, -0.1) is 0 Å². The number of amides is 3. The van der Waals surface area contributed by atoms with Crippen LogP contribution in [0.1, 0.15) is 51.4 Å². The molecule has 3 amide bonds. The number of rotatable bonds is 5. The molecule has 22 heavy (non-hydrogen) atoms. The lowest BCUT2D eigenvalue weighted by Gasteiger charge is -2.22. The van der Waals surface area contributed by atoms with Crippen LogP contribution in [0.25, 0.3) is 0 Å². The number of nitrogens with one attached hydrogen (secondary N) is 3. The van der Waals surface area contributed by atoms with Crippen molar-refractivity contribution < 1.29 is 19.5 Å². The minimum atomic E-state index is -0.804. The molecule has 2 atom stereocenters. The van der Waals surface area contributed by atoms with E-state index in [1.165, 1.54) is 6.42 Å². The first kappa shape index (κ1) is 16.6. The molecule has 2 saturated carbocycles. The highest BCUT2D eigenvalue weighted by atomic mass is 16.4. The van der Waals surface area contributed by atoms with E-state index in [-0.39, 0.29) is 36.5 Å². The summed E-state index contributed by atoms with van der Waals surface area (Å²) in [7, 11) is 0. The topological polar surface area (TPSA) is 108 Å². The van der Waals surface area contributed by atoms with Crippen molar-refractivity contribution in [3.8, 4) is 0 Å². The second-order valence-corrected chi connectivity index (χ2v) is 6.27. The summed E-state index contributed by atoms with van der Waals surface area (Å²) in [6.07, 6.45) is 7.23.